The van der Waals surface area contributed by atoms with Gasteiger partial charge in [0.1, 0.15) is 66.3 Å². The molecule has 9 N–H and O–H groups in total. The van der Waals surface area contributed by atoms with Crippen LogP contribution < -0.4 is 30.9 Å². The Bertz CT molecular complexity index is 4630. The quantitative estimate of drug-likeness (QED) is 0.00567. The van der Waals surface area contributed by atoms with Crippen LogP contribution in [-0.4, -0.2) is 267 Å². The van der Waals surface area contributed by atoms with Crippen LogP contribution in [0.3, 0.4) is 0 Å². The highest BCUT2D eigenvalue weighted by Gasteiger charge is 2.53. The number of allylic oxidation sites excluding steroid dienone is 2. The topological polar surface area (TPSA) is 451 Å². The van der Waals surface area contributed by atoms with E-state index in [4.69, 9.17) is 56.9 Å². The van der Waals surface area contributed by atoms with Crippen LogP contribution in [0.15, 0.2) is 59.2 Å². The van der Waals surface area contributed by atoms with E-state index >= 15 is 0 Å². The van der Waals surface area contributed by atoms with Crippen LogP contribution in [0.25, 0.3) is 0 Å². The normalized spacial score (nSPS) is 29.0. The third-order valence-corrected chi connectivity index (χ3v) is 30.9. The molecule has 2 bridgehead atoms. The summed E-state index contributed by atoms with van der Waals surface area (Å²) in [7, 11) is 6.79. The van der Waals surface area contributed by atoms with E-state index in [1.165, 1.54) is 78.7 Å². The number of aliphatic hydroxyl groups is 5. The first-order chi connectivity index (χ1) is 62.1. The molecule has 5 amide bonds. The van der Waals surface area contributed by atoms with Crippen molar-refractivity contribution in [3.05, 3.63) is 85.0 Å². The van der Waals surface area contributed by atoms with Crippen molar-refractivity contribution in [2.24, 2.45) is 23.7 Å². The highest BCUT2D eigenvalue weighted by molar-refractivity contribution is 14.1. The van der Waals surface area contributed by atoms with Gasteiger partial charge in [-0.3, -0.25) is 52.9 Å². The Morgan fingerprint density at radius 2 is 1.53 bits per heavy atom. The fraction of sp³-hybridized carbons (Fsp3) is 0.645. The summed E-state index contributed by atoms with van der Waals surface area (Å²) in [6.45, 7) is 21.5. The maximum absolute atomic E-state index is 14.6. The monoisotopic (exact) mass is 2020 g/mol. The number of anilines is 1. The van der Waals surface area contributed by atoms with Crippen LogP contribution in [0.2, 0.25) is 0 Å². The highest BCUT2D eigenvalue weighted by Crippen LogP contribution is 2.47. The number of unbranched alkanes of at least 4 members (excludes halogenated alkanes) is 2. The molecule has 38 heteroatoms. The number of imide groups is 1. The fourth-order valence-electron chi connectivity index (χ4n) is 16.4. The molecule has 5 aliphatic heterocycles. The summed E-state index contributed by atoms with van der Waals surface area (Å²) in [5, 5.41) is 65.8. The van der Waals surface area contributed by atoms with Crippen LogP contribution >= 0.6 is 67.7 Å². The van der Waals surface area contributed by atoms with Crippen LogP contribution in [-0.2, 0) is 97.2 Å². The number of carbonyl (C=O) groups excluding carboxylic acids is 11. The van der Waals surface area contributed by atoms with Gasteiger partial charge in [0, 0.05) is 116 Å². The van der Waals surface area contributed by atoms with Gasteiger partial charge in [-0.2, -0.15) is 17.2 Å². The lowest BCUT2D eigenvalue weighted by Gasteiger charge is -2.46. The molecule has 7 aliphatic rings. The molecule has 722 valence electrons. The maximum atomic E-state index is 14.6. The van der Waals surface area contributed by atoms with E-state index in [1.807, 2.05) is 57.2 Å². The molecule has 5 heterocycles. The summed E-state index contributed by atoms with van der Waals surface area (Å²) in [5.74, 6) is 8.25. The number of aliphatic hydroxyl groups excluding tert-OH is 4. The van der Waals surface area contributed by atoms with Gasteiger partial charge in [0.15, 0.2) is 36.0 Å². The molecule has 0 aromatic heterocycles. The molecule has 5 fully saturated rings. The highest BCUT2D eigenvalue weighted by atomic mass is 127. The lowest BCUT2D eigenvalue weighted by Crippen LogP contribution is -2.64. The number of fused-ring (bicyclic) bond motifs is 2. The van der Waals surface area contributed by atoms with Crippen molar-refractivity contribution >= 4 is 137 Å². The van der Waals surface area contributed by atoms with E-state index in [-0.39, 0.29) is 169 Å². The number of esters is 1. The summed E-state index contributed by atoms with van der Waals surface area (Å²) in [4.78, 5) is 153. The minimum Gasteiger partial charge on any atom is -0.496 e. The van der Waals surface area contributed by atoms with E-state index in [1.54, 1.807) is 78.1 Å². The molecule has 0 radical (unpaired) electrons. The molecule has 9 rings (SSSR count). The molecule has 22 atom stereocenters. The first-order valence-corrected chi connectivity index (χ1v) is 49.7. The number of halogens is 1. The summed E-state index contributed by atoms with van der Waals surface area (Å²) in [6, 6.07) is 4.68. The molecular formula is C93H126IN5O28S4. The lowest BCUT2D eigenvalue weighted by molar-refractivity contribution is -0.335. The largest absolute Gasteiger partial charge is 0.496 e. The van der Waals surface area contributed by atoms with Crippen LogP contribution in [0.1, 0.15) is 193 Å². The SMILES string of the molecule is COC(=O)CC1=C2/C(=C/CSSC(C)(C)CCC(=O)CCCNC(=O)OCc3ccc(NC(=O)[C@H](C)CC(=O)[C@@H](NC(=O)CCCCCN4C(=O)CC(SC)C4=O)C(C)C)cc3)[C@](O)(C#C/C=C\C#C[C@@H]2OC2OC(C)C(NOC3CC(O)C(SC(=O)c4c(C)c(I)c(OC5OC(C)C(O)C(OC)C5O)c(C)c4OC)C(C)O3)C(O)C2OC2CC(C)C(CC(C)=O)CO2)CC1=O. The number of benzene rings is 2. The number of ether oxygens (including phenoxy) is 11. The Hall–Kier alpha value is -6.88. The molecule has 2 aromatic carbocycles. The lowest BCUT2D eigenvalue weighted by atomic mass is 9.72. The summed E-state index contributed by atoms with van der Waals surface area (Å²) in [6.07, 6.45) is -8.94. The Kier molecular flexibility index (Phi) is 41.4. The number of nitrogens with zero attached hydrogens (tertiary/aromatic N) is 1. The van der Waals surface area contributed by atoms with Gasteiger partial charge in [-0.15, -0.1) is 0 Å². The third kappa shape index (κ3) is 29.3. The van der Waals surface area contributed by atoms with Gasteiger partial charge >= 0.3 is 12.1 Å². The van der Waals surface area contributed by atoms with E-state index in [0.29, 0.717) is 64.6 Å². The first-order valence-electron chi connectivity index (χ1n) is 44.2. The second-order valence-corrected chi connectivity index (χ2v) is 41.3. The van der Waals surface area contributed by atoms with E-state index < -0.39 is 162 Å². The molecule has 131 heavy (non-hydrogen) atoms. The minimum absolute atomic E-state index is 0.00257. The Balaban J connectivity index is 0.776. The molecule has 33 nitrogen and oxygen atoms in total. The van der Waals surface area contributed by atoms with Gasteiger partial charge in [0.2, 0.25) is 35.0 Å². The average molecular weight is 2020 g/mol. The summed E-state index contributed by atoms with van der Waals surface area (Å²) < 4.78 is 66.8. The van der Waals surface area contributed by atoms with Crippen molar-refractivity contribution in [1.82, 2.24) is 21.0 Å². The zero-order chi connectivity index (χ0) is 96.0. The van der Waals surface area contributed by atoms with Crippen molar-refractivity contribution in [1.29, 1.82) is 0 Å². The second kappa shape index (κ2) is 50.3. The number of hydrogen-bond donors (Lipinski definition) is 9. The van der Waals surface area contributed by atoms with Crippen molar-refractivity contribution in [3.63, 3.8) is 0 Å². The maximum Gasteiger partial charge on any atom is 0.407 e. The number of rotatable bonds is 44. The number of thioether (sulfide) groups is 2. The van der Waals surface area contributed by atoms with Crippen LogP contribution in [0.5, 0.6) is 11.5 Å². The smallest absolute Gasteiger partial charge is 0.407 e. The average Bonchev–Trinajstić information content (AvgIpc) is 1.07. The molecule has 2 aliphatic carbocycles. The van der Waals surface area contributed by atoms with Crippen molar-refractivity contribution in [3.8, 4) is 35.2 Å². The van der Waals surface area contributed by atoms with Crippen LogP contribution in [0, 0.1) is 64.8 Å². The number of hydrogen-bond acceptors (Lipinski definition) is 33. The second-order valence-electron chi connectivity index (χ2n) is 35.0. The van der Waals surface area contributed by atoms with Gasteiger partial charge in [0.05, 0.1) is 89.8 Å². The third-order valence-electron chi connectivity index (χ3n) is 24.1. The molecule has 18 unspecified atom stereocenters. The van der Waals surface area contributed by atoms with Gasteiger partial charge in [-0.05, 0) is 163 Å². The molecule has 2 aromatic rings. The minimum atomic E-state index is -2.18. The number of Topliss-reactive ketones (excluding diaryl/α,β-unsaturated/α-hetero) is 4. The number of alkyl carbamates (subject to hydrolysis) is 1. The molecular weight excluding hydrogens is 1890 g/mol. The van der Waals surface area contributed by atoms with Gasteiger partial charge in [0.25, 0.3) is 0 Å². The number of hydroxylamine groups is 1. The standard InChI is InChI=1S/C93H126IN5O28S4/c1-48(2)76(97-68(105)27-21-19-23-37-99-69(106)44-67(128-16)87(99)112)63(102)39-50(4)86(111)96-59-30-28-57(29-31-59)46-120-91(114)95-36-24-25-60(101)32-35-92(11,12)131-129-38-33-62-74-61(42-70(107)116-13)65(104)45-93(62,115)34-22-18-17-20-26-66(74)124-90-84(125-71-40-49(3)58(47-119-71)41-51(5)100)79(109)77(54(8)122-90)98-127-72-43-64(103)85(56(10)121-72)130-88(113)73-52(6)75(94)82(53(7)81(73)117-14)126-89-80(110)83(118-15)78(108)55(9)123-89/h17-18,28-31,33,48-50,54-56,58,64,66-67,71-72,76-80,83-85,89-90,98,103,108-110,115H,19,21,23-25,27,32,35-47H2,1-16H3,(H,95,114)(H,96,111)(H,97,105)/b18-17-,62-33-/t49?,50-,54?,55?,56?,58?,64?,66+,67?,71?,72?,76+,77?,78?,79?,80?,83?,84?,85?,89?,90?,93+/m1/s1. The predicted molar refractivity (Wildman–Crippen MR) is 499 cm³/mol. The van der Waals surface area contributed by atoms with Gasteiger partial charge in [-0.1, -0.05) is 109 Å². The number of likely N-dealkylation sites (tertiary alicyclic amines) is 1. The predicted octanol–water partition coefficient (Wildman–Crippen LogP) is 9.27. The van der Waals surface area contributed by atoms with Crippen molar-refractivity contribution in [2.45, 2.75) is 305 Å². The van der Waals surface area contributed by atoms with Gasteiger partial charge < -0.3 is 98.4 Å². The zero-order valence-corrected chi connectivity index (χ0v) is 82.4. The van der Waals surface area contributed by atoms with Gasteiger partial charge in [-0.25, -0.2) is 4.79 Å². The zero-order valence-electron chi connectivity index (χ0n) is 77.0. The summed E-state index contributed by atoms with van der Waals surface area (Å²) in [5.41, 5.74) is 2.93. The Labute approximate surface area is 795 Å². The number of carbonyl (C=O) groups is 11. The number of nitrogens with one attached hydrogen (secondary N) is 4. The van der Waals surface area contributed by atoms with Crippen molar-refractivity contribution in [2.75, 3.05) is 58.4 Å². The molecule has 5 saturated heterocycles. The number of ketones is 4. The number of methoxy groups -OCH3 is 3. The van der Waals surface area contributed by atoms with Crippen LogP contribution in [0.4, 0.5) is 10.5 Å². The summed E-state index contributed by atoms with van der Waals surface area (Å²) >= 11 is 4.25. The van der Waals surface area contributed by atoms with E-state index in [0.717, 1.165) is 11.8 Å². The first kappa shape index (κ1) is 108. The fourth-order valence-corrected chi connectivity index (χ4v) is 21.4. The Morgan fingerprint density at radius 1 is 0.817 bits per heavy atom. The van der Waals surface area contributed by atoms with E-state index in [9.17, 15) is 78.3 Å². The van der Waals surface area contributed by atoms with E-state index in [2.05, 4.69) is 45.1 Å². The molecule has 0 spiro atoms. The van der Waals surface area contributed by atoms with Crippen molar-refractivity contribution < 1.29 is 135 Å². The Morgan fingerprint density at radius 3 is 2.20 bits per heavy atom. The molecule has 0 saturated carbocycles. The number of amides is 5.